The number of aryl methyl sites for hydroxylation is 1. The van der Waals surface area contributed by atoms with Gasteiger partial charge in [-0.2, -0.15) is 0 Å². The summed E-state index contributed by atoms with van der Waals surface area (Å²) < 4.78 is 26.7. The van der Waals surface area contributed by atoms with Gasteiger partial charge in [0.05, 0.1) is 18.3 Å². The zero-order valence-electron chi connectivity index (χ0n) is 36.0. The summed E-state index contributed by atoms with van der Waals surface area (Å²) in [6.45, 7) is 16.5. The van der Waals surface area contributed by atoms with Crippen LogP contribution in [-0.4, -0.2) is 141 Å². The predicted molar refractivity (Wildman–Crippen MR) is 219 cm³/mol. The number of hydrogen-bond donors (Lipinski definition) is 2. The zero-order valence-corrected chi connectivity index (χ0v) is 36.9. The first-order chi connectivity index (χ1) is 27.6. The van der Waals surface area contributed by atoms with Crippen molar-refractivity contribution in [2.75, 3.05) is 33.8 Å². The Labute approximate surface area is 347 Å². The summed E-state index contributed by atoms with van der Waals surface area (Å²) in [7, 11) is 3.74. The molecule has 12 atom stereocenters. The molecule has 16 nitrogen and oxygen atoms in total. The number of likely N-dealkylation sites (N-methyl/N-ethyl adjacent to an activating group) is 1. The highest BCUT2D eigenvalue weighted by Crippen LogP contribution is 2.39. The molecule has 2 fully saturated rings. The number of aliphatic hydroxyl groups excluding tert-OH is 1. The molecule has 0 saturated carbocycles. The maximum atomic E-state index is 14.3. The number of nitrogens with zero attached hydrogens (tertiary/aromatic N) is 6. The van der Waals surface area contributed by atoms with E-state index in [0.29, 0.717) is 57.4 Å². The SMILES string of the molecule is CCO[C@@H](O[C@H]1[C@@H](CC=O)C[C@@H](C)CN[C@H](C)[C@H]2N(CCCCn3cc(-c4nccs4)nn3)C(=O)O[C@]2(C)[C@@H](CC)OC(=O)[C@H](C)C(=O)[C@@H]1C)C(O)C(CC)N(C)C. The van der Waals surface area contributed by atoms with Crippen molar-refractivity contribution in [3.63, 3.8) is 0 Å². The van der Waals surface area contributed by atoms with Gasteiger partial charge in [-0.1, -0.05) is 32.9 Å². The third-order valence-electron chi connectivity index (χ3n) is 11.9. The number of fused-ring (bicyclic) bond motifs is 1. The van der Waals surface area contributed by atoms with Crippen molar-refractivity contribution in [2.45, 2.75) is 149 Å². The molecule has 2 unspecified atom stereocenters. The van der Waals surface area contributed by atoms with E-state index in [4.69, 9.17) is 18.9 Å². The summed E-state index contributed by atoms with van der Waals surface area (Å²) in [5.74, 6) is -3.69. The molecule has 4 rings (SSSR count). The maximum absolute atomic E-state index is 14.3. The molecule has 2 aliphatic heterocycles. The molecule has 1 amide bonds. The van der Waals surface area contributed by atoms with Crippen molar-refractivity contribution < 1.29 is 43.2 Å². The number of ketones is 1. The smallest absolute Gasteiger partial charge is 0.410 e. The number of aldehydes is 1. The number of aromatic nitrogens is 4. The minimum absolute atomic E-state index is 0.0153. The van der Waals surface area contributed by atoms with Gasteiger partial charge in [-0.15, -0.1) is 16.4 Å². The lowest BCUT2D eigenvalue weighted by Gasteiger charge is -2.40. The molecule has 2 aromatic rings. The number of aliphatic hydroxyl groups is 1. The number of ether oxygens (including phenoxy) is 4. The Balaban J connectivity index is 1.61. The molecule has 326 valence electrons. The van der Waals surface area contributed by atoms with Crippen LogP contribution < -0.4 is 5.32 Å². The molecule has 2 aromatic heterocycles. The van der Waals surface area contributed by atoms with Crippen molar-refractivity contribution in [2.24, 2.45) is 23.7 Å². The predicted octanol–water partition coefficient (Wildman–Crippen LogP) is 4.60. The highest BCUT2D eigenvalue weighted by atomic mass is 32.1. The van der Waals surface area contributed by atoms with Crippen LogP contribution in [0.3, 0.4) is 0 Å². The van der Waals surface area contributed by atoms with E-state index >= 15 is 0 Å². The maximum Gasteiger partial charge on any atom is 0.410 e. The second-order valence-electron chi connectivity index (χ2n) is 16.4. The lowest BCUT2D eigenvalue weighted by Crippen LogP contribution is -2.60. The summed E-state index contributed by atoms with van der Waals surface area (Å²) in [4.78, 5) is 62.2. The largest absolute Gasteiger partial charge is 0.458 e. The molecule has 0 spiro atoms. The number of carbonyl (C=O) groups excluding carboxylic acids is 4. The van der Waals surface area contributed by atoms with Crippen LogP contribution in [0.1, 0.15) is 93.9 Å². The zero-order chi connectivity index (χ0) is 42.7. The highest BCUT2D eigenvalue weighted by molar-refractivity contribution is 7.13. The summed E-state index contributed by atoms with van der Waals surface area (Å²) in [5, 5.41) is 26.3. The molecule has 2 aliphatic rings. The second kappa shape index (κ2) is 21.8. The Morgan fingerprint density at radius 2 is 1.86 bits per heavy atom. The number of hydrogen-bond acceptors (Lipinski definition) is 15. The van der Waals surface area contributed by atoms with Gasteiger partial charge in [0.25, 0.3) is 0 Å². The standard InChI is InChI=1S/C41H67N7O9S/c1-11-31(46(9)10)34(51)39(54-13-3)56-35-26(5)33(50)27(6)38(52)55-32(12-2)41(8)36(28(7)43-23-25(4)22-29(35)16-20-49)48(40(53)57-41)19-15-14-18-47-24-30(44-45-47)37-42-17-21-58-37/h17,20-21,24-29,31-32,34-36,39,43,51H,11-16,18-19,22-23H2,1-10H3/t25-,26+,27-,28-,29+,31?,32-,34?,35-,36-,39+,41-/m1/s1. The van der Waals surface area contributed by atoms with Crippen LogP contribution in [0.4, 0.5) is 4.79 Å². The number of unbranched alkanes of at least 4 members (excludes halogenated alkanes) is 1. The van der Waals surface area contributed by atoms with Gasteiger partial charge in [0.2, 0.25) is 0 Å². The number of carbonyl (C=O) groups is 4. The van der Waals surface area contributed by atoms with E-state index in [1.54, 1.807) is 29.6 Å². The minimum atomic E-state index is -1.24. The quantitative estimate of drug-likeness (QED) is 0.0741. The lowest BCUT2D eigenvalue weighted by atomic mass is 9.79. The number of cyclic esters (lactones) is 1. The summed E-state index contributed by atoms with van der Waals surface area (Å²) in [6.07, 6.45) is 2.95. The Morgan fingerprint density at radius 3 is 2.48 bits per heavy atom. The monoisotopic (exact) mass is 833 g/mol. The molecule has 0 aliphatic carbocycles. The first-order valence-electron chi connectivity index (χ1n) is 20.9. The van der Waals surface area contributed by atoms with E-state index < -0.39 is 71.8 Å². The van der Waals surface area contributed by atoms with Gasteiger partial charge in [-0.25, -0.2) is 9.78 Å². The van der Waals surface area contributed by atoms with Crippen LogP contribution in [-0.2, 0) is 39.9 Å². The number of Topliss-reactive ketones (excluding diaryl/α,β-unsaturated/α-hetero) is 1. The molecule has 17 heteroatoms. The van der Waals surface area contributed by atoms with Gasteiger partial charge < -0.3 is 39.1 Å². The summed E-state index contributed by atoms with van der Waals surface area (Å²) >= 11 is 1.50. The summed E-state index contributed by atoms with van der Waals surface area (Å²) in [6, 6.07) is -1.14. The third-order valence-corrected chi connectivity index (χ3v) is 12.7. The second-order valence-corrected chi connectivity index (χ2v) is 17.3. The van der Waals surface area contributed by atoms with E-state index in [9.17, 15) is 24.3 Å². The van der Waals surface area contributed by atoms with Crippen LogP contribution in [0.5, 0.6) is 0 Å². The van der Waals surface area contributed by atoms with E-state index in [-0.39, 0.29) is 31.0 Å². The Bertz CT molecular complexity index is 1610. The first-order valence-corrected chi connectivity index (χ1v) is 21.8. The van der Waals surface area contributed by atoms with Crippen LogP contribution in [0.2, 0.25) is 0 Å². The van der Waals surface area contributed by atoms with Crippen molar-refractivity contribution in [1.82, 2.24) is 35.1 Å². The fourth-order valence-electron chi connectivity index (χ4n) is 8.77. The van der Waals surface area contributed by atoms with Crippen LogP contribution >= 0.6 is 11.3 Å². The minimum Gasteiger partial charge on any atom is -0.458 e. The molecule has 2 saturated heterocycles. The van der Waals surface area contributed by atoms with Crippen LogP contribution in [0.25, 0.3) is 10.7 Å². The molecule has 2 N–H and O–H groups in total. The third kappa shape index (κ3) is 11.3. The van der Waals surface area contributed by atoms with Crippen LogP contribution in [0.15, 0.2) is 17.8 Å². The fraction of sp³-hybridized carbons (Fsp3) is 0.780. The van der Waals surface area contributed by atoms with Gasteiger partial charge in [0, 0.05) is 55.7 Å². The molecular weight excluding hydrogens is 767 g/mol. The van der Waals surface area contributed by atoms with Gasteiger partial charge in [-0.05, 0) is 92.3 Å². The normalized spacial score (nSPS) is 30.6. The fourth-order valence-corrected chi connectivity index (χ4v) is 9.36. The van der Waals surface area contributed by atoms with Crippen molar-refractivity contribution >= 4 is 35.5 Å². The topological polar surface area (TPSA) is 188 Å². The van der Waals surface area contributed by atoms with E-state index in [1.165, 1.54) is 18.3 Å². The molecular formula is C41H67N7O9S. The lowest BCUT2D eigenvalue weighted by molar-refractivity contribution is -0.241. The van der Waals surface area contributed by atoms with Crippen LogP contribution in [0, 0.1) is 23.7 Å². The number of rotatable bonds is 17. The highest BCUT2D eigenvalue weighted by Gasteiger charge is 2.58. The number of esters is 1. The van der Waals surface area contributed by atoms with Gasteiger partial charge in [0.15, 0.2) is 17.7 Å². The van der Waals surface area contributed by atoms with Crippen molar-refractivity contribution in [3.8, 4) is 10.7 Å². The van der Waals surface area contributed by atoms with E-state index in [0.717, 1.165) is 11.3 Å². The Kier molecular flexibility index (Phi) is 17.8. The number of amides is 1. The number of thiazole rings is 1. The molecule has 4 heterocycles. The summed E-state index contributed by atoms with van der Waals surface area (Å²) in [5.41, 5.74) is -0.530. The van der Waals surface area contributed by atoms with Gasteiger partial charge >= 0.3 is 12.1 Å². The molecule has 0 aromatic carbocycles. The van der Waals surface area contributed by atoms with Gasteiger partial charge in [0.1, 0.15) is 35.1 Å². The molecule has 0 bridgehead atoms. The Morgan fingerprint density at radius 1 is 1.14 bits per heavy atom. The van der Waals surface area contributed by atoms with Crippen molar-refractivity contribution in [3.05, 3.63) is 17.8 Å². The average molecular weight is 834 g/mol. The Hall–Kier alpha value is -3.35. The number of nitrogens with one attached hydrogen (secondary N) is 1. The average Bonchev–Trinajstić information content (AvgIpc) is 3.95. The van der Waals surface area contributed by atoms with E-state index in [1.807, 2.05) is 58.3 Å². The molecule has 0 radical (unpaired) electrons. The van der Waals surface area contributed by atoms with Crippen molar-refractivity contribution in [1.29, 1.82) is 0 Å². The molecule has 58 heavy (non-hydrogen) atoms. The van der Waals surface area contributed by atoms with Gasteiger partial charge in [-0.3, -0.25) is 19.2 Å². The van der Waals surface area contributed by atoms with E-state index in [2.05, 4.69) is 27.5 Å². The first kappa shape index (κ1) is 47.3.